The summed E-state index contributed by atoms with van der Waals surface area (Å²) in [6, 6.07) is 19.2. The second-order valence-corrected chi connectivity index (χ2v) is 7.94. The zero-order chi connectivity index (χ0) is 19.9. The van der Waals surface area contributed by atoms with Crippen molar-refractivity contribution >= 4 is 22.4 Å². The molecule has 0 saturated carbocycles. The lowest BCUT2D eigenvalue weighted by molar-refractivity contribution is 0.0936. The monoisotopic (exact) mass is 397 g/mol. The van der Waals surface area contributed by atoms with Crippen molar-refractivity contribution in [2.24, 2.45) is 0 Å². The minimum atomic E-state index is 0.306. The Bertz CT molecular complexity index is 1190. The van der Waals surface area contributed by atoms with E-state index in [2.05, 4.69) is 69.4 Å². The van der Waals surface area contributed by atoms with Crippen molar-refractivity contribution in [1.29, 1.82) is 0 Å². The van der Waals surface area contributed by atoms with Gasteiger partial charge in [0, 0.05) is 42.3 Å². The standard InChI is InChI=1S/C24H23N5O/c1-2-5-17(6-3-1)14-28-15-18-16-30-12-11-29(18)24-22(28)13-26-23(27-24)20-7-4-8-21-19(20)9-10-25-21/h1-10,13,18,25H,11-12,14-16H2. The van der Waals surface area contributed by atoms with Crippen molar-refractivity contribution in [3.63, 3.8) is 0 Å². The Balaban J connectivity index is 1.45. The average Bonchev–Trinajstić information content (AvgIpc) is 3.29. The van der Waals surface area contributed by atoms with E-state index in [0.29, 0.717) is 6.04 Å². The number of rotatable bonds is 3. The molecule has 0 radical (unpaired) electrons. The van der Waals surface area contributed by atoms with E-state index in [1.54, 1.807) is 0 Å². The highest BCUT2D eigenvalue weighted by molar-refractivity contribution is 5.93. The maximum absolute atomic E-state index is 5.80. The van der Waals surface area contributed by atoms with Gasteiger partial charge in [-0.15, -0.1) is 0 Å². The summed E-state index contributed by atoms with van der Waals surface area (Å²) < 4.78 is 5.80. The molecule has 1 fully saturated rings. The number of aromatic nitrogens is 3. The normalized spacial score (nSPS) is 18.3. The third-order valence-electron chi connectivity index (χ3n) is 6.07. The highest BCUT2D eigenvalue weighted by Crippen LogP contribution is 2.37. The van der Waals surface area contributed by atoms with E-state index < -0.39 is 0 Å². The van der Waals surface area contributed by atoms with Gasteiger partial charge in [-0.25, -0.2) is 9.97 Å². The van der Waals surface area contributed by atoms with Gasteiger partial charge in [0.15, 0.2) is 11.6 Å². The molecule has 2 aliphatic rings. The van der Waals surface area contributed by atoms with E-state index in [0.717, 1.165) is 66.6 Å². The number of hydrogen-bond donors (Lipinski definition) is 1. The molecule has 150 valence electrons. The van der Waals surface area contributed by atoms with Gasteiger partial charge in [0.25, 0.3) is 0 Å². The number of hydrogen-bond acceptors (Lipinski definition) is 5. The van der Waals surface area contributed by atoms with Crippen LogP contribution >= 0.6 is 0 Å². The quantitative estimate of drug-likeness (QED) is 0.569. The topological polar surface area (TPSA) is 57.3 Å². The molecule has 1 saturated heterocycles. The Morgan fingerprint density at radius 3 is 2.93 bits per heavy atom. The summed E-state index contributed by atoms with van der Waals surface area (Å²) >= 11 is 0. The summed E-state index contributed by atoms with van der Waals surface area (Å²) in [5.41, 5.74) is 4.54. The van der Waals surface area contributed by atoms with E-state index in [9.17, 15) is 0 Å². The van der Waals surface area contributed by atoms with E-state index >= 15 is 0 Å². The van der Waals surface area contributed by atoms with Crippen LogP contribution in [-0.2, 0) is 11.3 Å². The number of nitrogens with zero attached hydrogens (tertiary/aromatic N) is 4. The van der Waals surface area contributed by atoms with Crippen LogP contribution in [0.2, 0.25) is 0 Å². The predicted octanol–water partition coefficient (Wildman–Crippen LogP) is 3.85. The number of H-pyrrole nitrogens is 1. The number of morpholine rings is 1. The molecular formula is C24H23N5O. The maximum atomic E-state index is 5.80. The van der Waals surface area contributed by atoms with Crippen LogP contribution in [0.3, 0.4) is 0 Å². The molecule has 0 amide bonds. The summed E-state index contributed by atoms with van der Waals surface area (Å²) in [6.07, 6.45) is 3.96. The molecule has 2 aromatic heterocycles. The highest BCUT2D eigenvalue weighted by Gasteiger charge is 2.34. The van der Waals surface area contributed by atoms with E-state index in [1.165, 1.54) is 5.56 Å². The van der Waals surface area contributed by atoms with Gasteiger partial charge in [-0.2, -0.15) is 0 Å². The van der Waals surface area contributed by atoms with Crippen LogP contribution in [0.25, 0.3) is 22.3 Å². The molecule has 4 aromatic rings. The Morgan fingerprint density at radius 2 is 2.00 bits per heavy atom. The van der Waals surface area contributed by atoms with Gasteiger partial charge >= 0.3 is 0 Å². The third-order valence-corrected chi connectivity index (χ3v) is 6.07. The van der Waals surface area contributed by atoms with Crippen LogP contribution in [0.1, 0.15) is 5.56 Å². The molecule has 1 N–H and O–H groups in total. The molecule has 1 atom stereocenters. The number of anilines is 2. The Hall–Kier alpha value is -3.38. The van der Waals surface area contributed by atoms with Gasteiger partial charge in [0.2, 0.25) is 0 Å². The third kappa shape index (κ3) is 2.92. The summed E-state index contributed by atoms with van der Waals surface area (Å²) in [5.74, 6) is 1.79. The van der Waals surface area contributed by atoms with Crippen LogP contribution < -0.4 is 9.80 Å². The second kappa shape index (κ2) is 7.15. The average molecular weight is 397 g/mol. The summed E-state index contributed by atoms with van der Waals surface area (Å²) in [4.78, 5) is 18.0. The van der Waals surface area contributed by atoms with Crippen LogP contribution in [0.5, 0.6) is 0 Å². The predicted molar refractivity (Wildman–Crippen MR) is 119 cm³/mol. The van der Waals surface area contributed by atoms with Crippen LogP contribution in [-0.4, -0.2) is 47.3 Å². The first-order valence-corrected chi connectivity index (χ1v) is 10.4. The lowest BCUT2D eigenvalue weighted by Crippen LogP contribution is -2.55. The van der Waals surface area contributed by atoms with Crippen LogP contribution in [0.4, 0.5) is 11.5 Å². The van der Waals surface area contributed by atoms with Crippen LogP contribution in [0.15, 0.2) is 67.0 Å². The first-order valence-electron chi connectivity index (χ1n) is 10.4. The minimum absolute atomic E-state index is 0.306. The van der Waals surface area contributed by atoms with E-state index in [4.69, 9.17) is 14.7 Å². The van der Waals surface area contributed by atoms with Gasteiger partial charge in [-0.3, -0.25) is 0 Å². The Labute approximate surface area is 175 Å². The SMILES string of the molecule is c1ccc(CN2CC3COCCN3c3nc(-c4cccc5[nH]ccc45)ncc32)cc1. The number of fused-ring (bicyclic) bond motifs is 4. The highest BCUT2D eigenvalue weighted by atomic mass is 16.5. The molecule has 0 bridgehead atoms. The minimum Gasteiger partial charge on any atom is -0.377 e. The molecule has 0 spiro atoms. The van der Waals surface area contributed by atoms with Crippen molar-refractivity contribution in [2.75, 3.05) is 36.1 Å². The van der Waals surface area contributed by atoms with Crippen molar-refractivity contribution < 1.29 is 4.74 Å². The number of aromatic amines is 1. The van der Waals surface area contributed by atoms with Crippen molar-refractivity contribution in [3.05, 3.63) is 72.6 Å². The van der Waals surface area contributed by atoms with Gasteiger partial charge in [0.05, 0.1) is 31.1 Å². The Morgan fingerprint density at radius 1 is 1.07 bits per heavy atom. The first kappa shape index (κ1) is 17.5. The molecule has 6 rings (SSSR count). The fourth-order valence-corrected chi connectivity index (χ4v) is 4.60. The largest absolute Gasteiger partial charge is 0.377 e. The zero-order valence-electron chi connectivity index (χ0n) is 16.7. The molecule has 4 heterocycles. The molecule has 1 unspecified atom stereocenters. The van der Waals surface area contributed by atoms with Crippen molar-refractivity contribution in [3.8, 4) is 11.4 Å². The molecule has 2 aliphatic heterocycles. The van der Waals surface area contributed by atoms with Crippen molar-refractivity contribution in [2.45, 2.75) is 12.6 Å². The fourth-order valence-electron chi connectivity index (χ4n) is 4.60. The number of benzene rings is 2. The van der Waals surface area contributed by atoms with Gasteiger partial charge < -0.3 is 19.5 Å². The molecule has 2 aromatic carbocycles. The second-order valence-electron chi connectivity index (χ2n) is 7.94. The lowest BCUT2D eigenvalue weighted by Gasteiger charge is -2.45. The van der Waals surface area contributed by atoms with Gasteiger partial charge in [-0.1, -0.05) is 42.5 Å². The Kier molecular flexibility index (Phi) is 4.16. The number of nitrogens with one attached hydrogen (secondary N) is 1. The van der Waals surface area contributed by atoms with Gasteiger partial charge in [-0.05, 0) is 17.7 Å². The molecule has 30 heavy (non-hydrogen) atoms. The smallest absolute Gasteiger partial charge is 0.162 e. The molecular weight excluding hydrogens is 374 g/mol. The first-order chi connectivity index (χ1) is 14.9. The molecule has 6 nitrogen and oxygen atoms in total. The van der Waals surface area contributed by atoms with Crippen molar-refractivity contribution in [1.82, 2.24) is 15.0 Å². The lowest BCUT2D eigenvalue weighted by atomic mass is 10.1. The van der Waals surface area contributed by atoms with E-state index in [1.807, 2.05) is 12.4 Å². The zero-order valence-corrected chi connectivity index (χ0v) is 16.7. The number of ether oxygens (including phenoxy) is 1. The maximum Gasteiger partial charge on any atom is 0.162 e. The molecule has 0 aliphatic carbocycles. The summed E-state index contributed by atoms with van der Waals surface area (Å²) in [6.45, 7) is 4.09. The summed E-state index contributed by atoms with van der Waals surface area (Å²) in [7, 11) is 0. The molecule has 6 heteroatoms. The van der Waals surface area contributed by atoms with Crippen LogP contribution in [0, 0.1) is 0 Å². The fraction of sp³-hybridized carbons (Fsp3) is 0.250. The van der Waals surface area contributed by atoms with E-state index in [-0.39, 0.29) is 0 Å². The van der Waals surface area contributed by atoms with Gasteiger partial charge in [0.1, 0.15) is 0 Å². The summed E-state index contributed by atoms with van der Waals surface area (Å²) in [5, 5.41) is 1.15.